The number of ether oxygens (including phenoxy) is 1. The van der Waals surface area contributed by atoms with Crippen LogP contribution in [0, 0.1) is 0 Å². The van der Waals surface area contributed by atoms with Gasteiger partial charge in [-0.25, -0.2) is 17.5 Å². The third-order valence-corrected chi connectivity index (χ3v) is 5.86. The Kier molecular flexibility index (Phi) is 6.36. The van der Waals surface area contributed by atoms with Gasteiger partial charge in [0.1, 0.15) is 5.60 Å². The van der Waals surface area contributed by atoms with Crippen LogP contribution in [0.25, 0.3) is 5.57 Å². The number of carbonyl (C=O) groups is 1. The van der Waals surface area contributed by atoms with Crippen LogP contribution in [-0.2, 0) is 14.8 Å². The summed E-state index contributed by atoms with van der Waals surface area (Å²) in [6, 6.07) is 14.1. The lowest BCUT2D eigenvalue weighted by atomic mass is 9.92. The number of carbonyl (C=O) groups excluding carboxylic acids is 1. The molecule has 0 saturated heterocycles. The number of anilines is 2. The maximum absolute atomic E-state index is 12.8. The highest BCUT2D eigenvalue weighted by molar-refractivity contribution is 7.92. The highest BCUT2D eigenvalue weighted by atomic mass is 32.2. The van der Waals surface area contributed by atoms with E-state index in [1.165, 1.54) is 10.6 Å². The number of esters is 1. The fraction of sp³-hybridized carbons (Fsp3) is 0.375. The van der Waals surface area contributed by atoms with E-state index in [1.54, 1.807) is 36.4 Å². The predicted molar refractivity (Wildman–Crippen MR) is 121 cm³/mol. The van der Waals surface area contributed by atoms with E-state index >= 15 is 0 Å². The number of hydrogen-bond donors (Lipinski definition) is 0. The van der Waals surface area contributed by atoms with E-state index in [2.05, 4.69) is 6.08 Å². The van der Waals surface area contributed by atoms with Crippen LogP contribution in [0.3, 0.4) is 0 Å². The Balaban J connectivity index is 2.17. The third-order valence-electron chi connectivity index (χ3n) is 4.77. The first-order chi connectivity index (χ1) is 14.0. The van der Waals surface area contributed by atoms with Crippen LogP contribution >= 0.6 is 0 Å². The molecule has 0 N–H and O–H groups in total. The van der Waals surface area contributed by atoms with Crippen molar-refractivity contribution in [2.24, 2.45) is 0 Å². The molecule has 0 saturated carbocycles. The summed E-state index contributed by atoms with van der Waals surface area (Å²) in [5.74, 6) is -0.469. The average Bonchev–Trinajstić information content (AvgIpc) is 2.67. The van der Waals surface area contributed by atoms with Crippen LogP contribution in [0.5, 0.6) is 0 Å². The van der Waals surface area contributed by atoms with Gasteiger partial charge < -0.3 is 4.74 Å². The Morgan fingerprint density at radius 2 is 1.70 bits per heavy atom. The summed E-state index contributed by atoms with van der Waals surface area (Å²) in [5.41, 5.74) is 2.63. The van der Waals surface area contributed by atoms with Crippen molar-refractivity contribution in [3.8, 4) is 0 Å². The SMILES string of the molecule is CC(C)(C)OC(=O)c1cc(C2=CCCCC2)cc(N(c2ccccc2)S(C)(=O)=O)c1. The second-order valence-corrected chi connectivity index (χ2v) is 10.4. The lowest BCUT2D eigenvalue weighted by molar-refractivity contribution is 0.00695. The average molecular weight is 428 g/mol. The van der Waals surface area contributed by atoms with Crippen LogP contribution in [0.1, 0.15) is 62.4 Å². The van der Waals surface area contributed by atoms with Crippen molar-refractivity contribution in [2.75, 3.05) is 10.6 Å². The number of sulfonamides is 1. The summed E-state index contributed by atoms with van der Waals surface area (Å²) in [6.45, 7) is 5.43. The van der Waals surface area contributed by atoms with Crippen molar-refractivity contribution >= 4 is 32.9 Å². The van der Waals surface area contributed by atoms with Gasteiger partial charge in [-0.15, -0.1) is 0 Å². The van der Waals surface area contributed by atoms with Gasteiger partial charge >= 0.3 is 5.97 Å². The van der Waals surface area contributed by atoms with Crippen LogP contribution in [-0.4, -0.2) is 26.2 Å². The zero-order valence-corrected chi connectivity index (χ0v) is 18.8. The quantitative estimate of drug-likeness (QED) is 0.575. The standard InChI is InChI=1S/C24H29NO4S/c1-24(2,3)29-23(26)20-15-19(18-11-7-5-8-12-18)16-22(17-20)25(30(4,27)28)21-13-9-6-10-14-21/h6,9-11,13-17H,5,7-8,12H2,1-4H3. The van der Waals surface area contributed by atoms with Crippen molar-refractivity contribution in [2.45, 2.75) is 52.1 Å². The van der Waals surface area contributed by atoms with Gasteiger partial charge in [-0.05, 0) is 87.9 Å². The van der Waals surface area contributed by atoms with Gasteiger partial charge in [0.05, 0.1) is 23.2 Å². The summed E-state index contributed by atoms with van der Waals surface area (Å²) in [7, 11) is -3.63. The van der Waals surface area contributed by atoms with Crippen LogP contribution < -0.4 is 4.31 Å². The molecular formula is C24H29NO4S. The molecule has 0 amide bonds. The number of rotatable bonds is 5. The molecule has 2 aromatic carbocycles. The molecule has 6 heteroatoms. The van der Waals surface area contributed by atoms with E-state index in [9.17, 15) is 13.2 Å². The molecule has 0 unspecified atom stereocenters. The molecule has 0 fully saturated rings. The molecule has 0 atom stereocenters. The molecule has 1 aliphatic rings. The minimum atomic E-state index is -3.63. The van der Waals surface area contributed by atoms with Gasteiger partial charge in [-0.1, -0.05) is 24.3 Å². The van der Waals surface area contributed by atoms with Crippen molar-refractivity contribution in [1.29, 1.82) is 0 Å². The van der Waals surface area contributed by atoms with Gasteiger partial charge in [0.25, 0.3) is 0 Å². The molecule has 160 valence electrons. The number of para-hydroxylation sites is 1. The first-order valence-corrected chi connectivity index (χ1v) is 12.0. The van der Waals surface area contributed by atoms with Crippen molar-refractivity contribution in [3.05, 3.63) is 65.7 Å². The number of benzene rings is 2. The molecule has 1 aliphatic carbocycles. The zero-order chi connectivity index (χ0) is 21.9. The summed E-state index contributed by atoms with van der Waals surface area (Å²) in [5, 5.41) is 0. The van der Waals surface area contributed by atoms with Crippen molar-refractivity contribution in [3.63, 3.8) is 0 Å². The van der Waals surface area contributed by atoms with Gasteiger partial charge in [0.15, 0.2) is 0 Å². The fourth-order valence-corrected chi connectivity index (χ4v) is 4.56. The third kappa shape index (κ3) is 5.51. The Morgan fingerprint density at radius 1 is 1.00 bits per heavy atom. The fourth-order valence-electron chi connectivity index (χ4n) is 3.56. The van der Waals surface area contributed by atoms with E-state index < -0.39 is 21.6 Å². The first kappa shape index (κ1) is 22.1. The lowest BCUT2D eigenvalue weighted by Crippen LogP contribution is -2.26. The second-order valence-electron chi connectivity index (χ2n) is 8.61. The van der Waals surface area contributed by atoms with Crippen molar-refractivity contribution in [1.82, 2.24) is 0 Å². The number of nitrogens with zero attached hydrogens (tertiary/aromatic N) is 1. The molecular weight excluding hydrogens is 398 g/mol. The van der Waals surface area contributed by atoms with Gasteiger partial charge in [-0.3, -0.25) is 0 Å². The minimum absolute atomic E-state index is 0.341. The highest BCUT2D eigenvalue weighted by Gasteiger charge is 2.24. The Morgan fingerprint density at radius 3 is 2.27 bits per heavy atom. The second kappa shape index (κ2) is 8.64. The topological polar surface area (TPSA) is 63.7 Å². The normalized spacial score (nSPS) is 14.7. The molecule has 0 bridgehead atoms. The zero-order valence-electron chi connectivity index (χ0n) is 18.0. The molecule has 0 heterocycles. The number of allylic oxidation sites excluding steroid dienone is 2. The Labute approximate surface area is 179 Å². The van der Waals surface area contributed by atoms with Gasteiger partial charge in [0.2, 0.25) is 10.0 Å². The maximum Gasteiger partial charge on any atom is 0.338 e. The molecule has 5 nitrogen and oxygen atoms in total. The smallest absolute Gasteiger partial charge is 0.338 e. The summed E-state index contributed by atoms with van der Waals surface area (Å²) in [6.07, 6.45) is 7.44. The van der Waals surface area contributed by atoms with Crippen LogP contribution in [0.2, 0.25) is 0 Å². The maximum atomic E-state index is 12.8. The summed E-state index contributed by atoms with van der Waals surface area (Å²) < 4.78 is 32.3. The minimum Gasteiger partial charge on any atom is -0.456 e. The van der Waals surface area contributed by atoms with Crippen LogP contribution in [0.15, 0.2) is 54.6 Å². The lowest BCUT2D eigenvalue weighted by Gasteiger charge is -2.25. The largest absolute Gasteiger partial charge is 0.456 e. The van der Waals surface area contributed by atoms with E-state index in [1.807, 2.05) is 32.9 Å². The monoisotopic (exact) mass is 427 g/mol. The summed E-state index contributed by atoms with van der Waals surface area (Å²) in [4.78, 5) is 12.8. The van der Waals surface area contributed by atoms with Gasteiger partial charge in [-0.2, -0.15) is 0 Å². The van der Waals surface area contributed by atoms with E-state index in [0.29, 0.717) is 16.9 Å². The Hall–Kier alpha value is -2.60. The van der Waals surface area contributed by atoms with E-state index in [-0.39, 0.29) is 0 Å². The Bertz CT molecular complexity index is 1050. The van der Waals surface area contributed by atoms with Crippen molar-refractivity contribution < 1.29 is 17.9 Å². The molecule has 2 aromatic rings. The first-order valence-electron chi connectivity index (χ1n) is 10.2. The molecule has 0 radical (unpaired) electrons. The molecule has 30 heavy (non-hydrogen) atoms. The predicted octanol–water partition coefficient (Wildman–Crippen LogP) is 5.70. The van der Waals surface area contributed by atoms with E-state index in [4.69, 9.17) is 4.74 Å². The van der Waals surface area contributed by atoms with Crippen LogP contribution in [0.4, 0.5) is 11.4 Å². The van der Waals surface area contributed by atoms with Gasteiger partial charge in [0, 0.05) is 0 Å². The molecule has 0 aromatic heterocycles. The summed E-state index contributed by atoms with van der Waals surface area (Å²) >= 11 is 0. The highest BCUT2D eigenvalue weighted by Crippen LogP contribution is 2.35. The van der Waals surface area contributed by atoms with E-state index in [0.717, 1.165) is 36.8 Å². The molecule has 0 aliphatic heterocycles. The molecule has 0 spiro atoms. The molecule has 3 rings (SSSR count). The number of hydrogen-bond acceptors (Lipinski definition) is 4.